The number of hydrogen-bond donors (Lipinski definition) is 1. The van der Waals surface area contributed by atoms with Crippen LogP contribution in [0.15, 0.2) is 30.3 Å². The highest BCUT2D eigenvalue weighted by molar-refractivity contribution is 5.96. The van der Waals surface area contributed by atoms with Gasteiger partial charge in [-0.25, -0.2) is 4.79 Å². The van der Waals surface area contributed by atoms with Crippen molar-refractivity contribution in [2.75, 3.05) is 6.61 Å². The third kappa shape index (κ3) is 7.99. The zero-order valence-corrected chi connectivity index (χ0v) is 13.8. The highest BCUT2D eigenvalue weighted by Gasteiger charge is 2.26. The Labute approximate surface area is 136 Å². The molecule has 6 nitrogen and oxygen atoms in total. The fourth-order valence-electron chi connectivity index (χ4n) is 2.01. The van der Waals surface area contributed by atoms with Gasteiger partial charge in [0.1, 0.15) is 18.8 Å². The molecule has 1 amide bonds. The molecule has 0 aliphatic carbocycles. The van der Waals surface area contributed by atoms with Crippen molar-refractivity contribution in [3.05, 3.63) is 35.9 Å². The lowest BCUT2D eigenvalue weighted by Crippen LogP contribution is -2.45. The molecule has 0 unspecified atom stereocenters. The van der Waals surface area contributed by atoms with E-state index in [2.05, 4.69) is 5.32 Å². The third-order valence-electron chi connectivity index (χ3n) is 2.94. The van der Waals surface area contributed by atoms with Crippen molar-refractivity contribution in [3.8, 4) is 0 Å². The number of carbonyl (C=O) groups excluding carboxylic acids is 3. The lowest BCUT2D eigenvalue weighted by Gasteiger charge is -2.25. The molecule has 0 bridgehead atoms. The van der Waals surface area contributed by atoms with Crippen LogP contribution in [0.4, 0.5) is 4.79 Å². The Morgan fingerprint density at radius 2 is 1.74 bits per heavy atom. The number of ketones is 1. The van der Waals surface area contributed by atoms with Crippen molar-refractivity contribution in [1.29, 1.82) is 0 Å². The Kier molecular flexibility index (Phi) is 7.25. The maximum absolute atomic E-state index is 11.8. The quantitative estimate of drug-likeness (QED) is 0.588. The van der Waals surface area contributed by atoms with Gasteiger partial charge in [0.15, 0.2) is 0 Å². The van der Waals surface area contributed by atoms with Crippen LogP contribution in [0.5, 0.6) is 0 Å². The van der Waals surface area contributed by atoms with Crippen LogP contribution in [0.2, 0.25) is 0 Å². The molecule has 0 atom stereocenters. The van der Waals surface area contributed by atoms with E-state index in [-0.39, 0.29) is 31.8 Å². The van der Waals surface area contributed by atoms with Crippen molar-refractivity contribution in [2.24, 2.45) is 0 Å². The average Bonchev–Trinajstić information content (AvgIpc) is 2.45. The molecule has 1 rings (SSSR count). The average molecular weight is 321 g/mol. The first-order chi connectivity index (χ1) is 10.8. The summed E-state index contributed by atoms with van der Waals surface area (Å²) in [6.07, 6.45) is -0.882. The van der Waals surface area contributed by atoms with E-state index in [0.29, 0.717) is 0 Å². The molecule has 1 N–H and O–H groups in total. The monoisotopic (exact) mass is 321 g/mol. The largest absolute Gasteiger partial charge is 0.466 e. The highest BCUT2D eigenvalue weighted by Crippen LogP contribution is 2.12. The molecule has 126 valence electrons. The van der Waals surface area contributed by atoms with Crippen LogP contribution < -0.4 is 5.32 Å². The fourth-order valence-corrected chi connectivity index (χ4v) is 2.01. The molecule has 1 aromatic carbocycles. The van der Waals surface area contributed by atoms with Gasteiger partial charge in [-0.05, 0) is 26.3 Å². The molecule has 0 aliphatic rings. The van der Waals surface area contributed by atoms with E-state index in [1.807, 2.05) is 30.3 Å². The number of Topliss-reactive ketones (excluding diaryl/α,β-unsaturated/α-hetero) is 1. The van der Waals surface area contributed by atoms with E-state index in [0.717, 1.165) is 5.56 Å². The molecule has 0 heterocycles. The number of esters is 1. The molecule has 23 heavy (non-hydrogen) atoms. The maximum atomic E-state index is 11.8. The van der Waals surface area contributed by atoms with E-state index >= 15 is 0 Å². The number of ether oxygens (including phenoxy) is 2. The van der Waals surface area contributed by atoms with Gasteiger partial charge in [-0.1, -0.05) is 30.3 Å². The number of carbonyl (C=O) groups is 3. The van der Waals surface area contributed by atoms with Gasteiger partial charge in [0.2, 0.25) is 0 Å². The van der Waals surface area contributed by atoms with E-state index in [9.17, 15) is 14.4 Å². The molecule has 0 fully saturated rings. The fraction of sp³-hybridized carbons (Fsp3) is 0.471. The topological polar surface area (TPSA) is 81.7 Å². The van der Waals surface area contributed by atoms with Crippen molar-refractivity contribution in [2.45, 2.75) is 45.8 Å². The Balaban J connectivity index is 2.39. The maximum Gasteiger partial charge on any atom is 0.407 e. The van der Waals surface area contributed by atoms with Crippen LogP contribution in [0.1, 0.15) is 39.2 Å². The Hall–Kier alpha value is -2.37. The minimum atomic E-state index is -0.808. The van der Waals surface area contributed by atoms with Gasteiger partial charge in [0.25, 0.3) is 0 Å². The van der Waals surface area contributed by atoms with Gasteiger partial charge in [0, 0.05) is 12.0 Å². The zero-order valence-electron chi connectivity index (χ0n) is 13.8. The first-order valence-corrected chi connectivity index (χ1v) is 7.48. The summed E-state index contributed by atoms with van der Waals surface area (Å²) in [6.45, 7) is 5.45. The molecule has 0 spiro atoms. The minimum Gasteiger partial charge on any atom is -0.466 e. The van der Waals surface area contributed by atoms with Crippen LogP contribution in [0.25, 0.3) is 0 Å². The molecule has 0 saturated heterocycles. The molecule has 1 aromatic rings. The van der Waals surface area contributed by atoms with E-state index < -0.39 is 17.6 Å². The summed E-state index contributed by atoms with van der Waals surface area (Å²) < 4.78 is 9.84. The Bertz CT molecular complexity index is 539. The molecule has 6 heteroatoms. The van der Waals surface area contributed by atoms with Gasteiger partial charge in [0.05, 0.1) is 6.61 Å². The SMILES string of the molecule is CCOC(=O)CC(=O)CC(C)(C)NC(=O)OCc1ccccc1. The second kappa shape index (κ2) is 8.92. The predicted octanol–water partition coefficient (Wildman–Crippen LogP) is 2.60. The van der Waals surface area contributed by atoms with E-state index in [1.165, 1.54) is 0 Å². The lowest BCUT2D eigenvalue weighted by molar-refractivity contribution is -0.145. The van der Waals surface area contributed by atoms with Gasteiger partial charge >= 0.3 is 12.1 Å². The first kappa shape index (κ1) is 18.7. The zero-order chi connectivity index (χ0) is 17.3. The van der Waals surface area contributed by atoms with Crippen LogP contribution in [-0.4, -0.2) is 30.0 Å². The summed E-state index contributed by atoms with van der Waals surface area (Å²) in [6, 6.07) is 9.29. The van der Waals surface area contributed by atoms with Gasteiger partial charge in [-0.15, -0.1) is 0 Å². The summed E-state index contributed by atoms with van der Waals surface area (Å²) in [5.74, 6) is -0.850. The summed E-state index contributed by atoms with van der Waals surface area (Å²) in [5, 5.41) is 2.63. The second-order valence-electron chi connectivity index (χ2n) is 5.77. The summed E-state index contributed by atoms with van der Waals surface area (Å²) in [7, 11) is 0. The number of alkyl carbamates (subject to hydrolysis) is 1. The van der Waals surface area contributed by atoms with Gasteiger partial charge < -0.3 is 14.8 Å². The molecule has 0 radical (unpaired) electrons. The van der Waals surface area contributed by atoms with Crippen molar-refractivity contribution in [3.63, 3.8) is 0 Å². The predicted molar refractivity (Wildman–Crippen MR) is 84.7 cm³/mol. The summed E-state index contributed by atoms with van der Waals surface area (Å²) >= 11 is 0. The third-order valence-corrected chi connectivity index (χ3v) is 2.94. The first-order valence-electron chi connectivity index (χ1n) is 7.48. The molecule has 0 saturated carbocycles. The second-order valence-corrected chi connectivity index (χ2v) is 5.77. The molecular weight excluding hydrogens is 298 g/mol. The van der Waals surface area contributed by atoms with Crippen LogP contribution in [0.3, 0.4) is 0 Å². The molecule has 0 aromatic heterocycles. The van der Waals surface area contributed by atoms with Crippen molar-refractivity contribution in [1.82, 2.24) is 5.32 Å². The van der Waals surface area contributed by atoms with Gasteiger partial charge in [-0.2, -0.15) is 0 Å². The van der Waals surface area contributed by atoms with E-state index in [1.54, 1.807) is 20.8 Å². The standard InChI is InChI=1S/C17H23NO5/c1-4-22-15(20)10-14(19)11-17(2,3)18-16(21)23-12-13-8-6-5-7-9-13/h5-9H,4,10-12H2,1-3H3,(H,18,21). The normalized spacial score (nSPS) is 10.7. The lowest BCUT2D eigenvalue weighted by atomic mass is 9.96. The van der Waals surface area contributed by atoms with E-state index in [4.69, 9.17) is 9.47 Å². The number of amides is 1. The number of benzene rings is 1. The van der Waals surface area contributed by atoms with Crippen molar-refractivity contribution >= 4 is 17.8 Å². The van der Waals surface area contributed by atoms with Gasteiger partial charge in [-0.3, -0.25) is 9.59 Å². The van der Waals surface area contributed by atoms with Crippen LogP contribution in [-0.2, 0) is 25.7 Å². The van der Waals surface area contributed by atoms with Crippen molar-refractivity contribution < 1.29 is 23.9 Å². The summed E-state index contributed by atoms with van der Waals surface area (Å²) in [5.41, 5.74) is 0.0657. The summed E-state index contributed by atoms with van der Waals surface area (Å²) in [4.78, 5) is 34.9. The number of nitrogens with one attached hydrogen (secondary N) is 1. The number of hydrogen-bond acceptors (Lipinski definition) is 5. The molecular formula is C17H23NO5. The highest BCUT2D eigenvalue weighted by atomic mass is 16.5. The smallest absolute Gasteiger partial charge is 0.407 e. The van der Waals surface area contributed by atoms with Crippen LogP contribution >= 0.6 is 0 Å². The number of rotatable bonds is 8. The van der Waals surface area contributed by atoms with Crippen LogP contribution in [0, 0.1) is 0 Å². The minimum absolute atomic E-state index is 0.0201. The Morgan fingerprint density at radius 3 is 2.35 bits per heavy atom. The molecule has 0 aliphatic heterocycles. The Morgan fingerprint density at radius 1 is 1.09 bits per heavy atom.